The van der Waals surface area contributed by atoms with Crippen molar-refractivity contribution in [2.45, 2.75) is 24.8 Å². The van der Waals surface area contributed by atoms with E-state index in [1.807, 2.05) is 12.1 Å². The first-order chi connectivity index (χ1) is 26.1. The van der Waals surface area contributed by atoms with Gasteiger partial charge in [0.1, 0.15) is 11.2 Å². The highest BCUT2D eigenvalue weighted by Crippen LogP contribution is 2.52. The van der Waals surface area contributed by atoms with E-state index in [1.54, 1.807) is 0 Å². The molecule has 1 aromatic heterocycles. The summed E-state index contributed by atoms with van der Waals surface area (Å²) in [6.45, 7) is 2.37. The van der Waals surface area contributed by atoms with E-state index in [1.165, 1.54) is 50.3 Å². The van der Waals surface area contributed by atoms with E-state index in [0.717, 1.165) is 45.4 Å². The van der Waals surface area contributed by atoms with Crippen LogP contribution >= 0.6 is 0 Å². The molecule has 11 rings (SSSR count). The lowest BCUT2D eigenvalue weighted by Gasteiger charge is -2.34. The molecule has 2 unspecified atom stereocenters. The van der Waals surface area contributed by atoms with E-state index in [9.17, 15) is 0 Å². The van der Waals surface area contributed by atoms with Crippen molar-refractivity contribution in [2.24, 2.45) is 0 Å². The second kappa shape index (κ2) is 11.5. The fourth-order valence-electron chi connectivity index (χ4n) is 9.10. The molecule has 0 saturated heterocycles. The molecule has 2 aliphatic carbocycles. The van der Waals surface area contributed by atoms with Gasteiger partial charge in [0, 0.05) is 50.7 Å². The van der Waals surface area contributed by atoms with Crippen LogP contribution in [0.2, 0.25) is 0 Å². The Morgan fingerprint density at radius 1 is 0.585 bits per heavy atom. The monoisotopic (exact) mass is 680 g/mol. The average Bonchev–Trinajstić information content (AvgIpc) is 3.85. The quantitative estimate of drug-likeness (QED) is 0.180. The summed E-state index contributed by atoms with van der Waals surface area (Å²) in [6.07, 6.45) is 10.0. The first-order valence-electron chi connectivity index (χ1n) is 18.5. The van der Waals surface area contributed by atoms with Crippen LogP contribution in [0, 0.1) is 0 Å². The second-order valence-electron chi connectivity index (χ2n) is 14.7. The number of hydrogen-bond acceptors (Lipinski definition) is 3. The zero-order valence-electron chi connectivity index (χ0n) is 29.4. The largest absolute Gasteiger partial charge is 0.456 e. The van der Waals surface area contributed by atoms with E-state index in [2.05, 4.69) is 187 Å². The third-order valence-electron chi connectivity index (χ3n) is 11.7. The standard InChI is InChI=1S/C50H36N2O/c1-50-28-10-9-17-49(50)52(37-12-3-2-4-13-37)46-27-20-34(31-45(46)50)33-18-21-38(22-19-33)51(39-23-25-42-36(30-39)29-35-11-5-6-14-41(35)42)40-24-26-44-43-15-7-8-16-47(43)53-48(44)32-40/h2-28,30-32,49H,29H2,1H3. The van der Waals surface area contributed by atoms with E-state index in [-0.39, 0.29) is 11.5 Å². The van der Waals surface area contributed by atoms with Crippen molar-refractivity contribution in [1.29, 1.82) is 0 Å². The maximum absolute atomic E-state index is 6.39. The number of allylic oxidation sites excluding steroid dienone is 2. The highest BCUT2D eigenvalue weighted by Gasteiger charge is 2.46. The van der Waals surface area contributed by atoms with Gasteiger partial charge >= 0.3 is 0 Å². The van der Waals surface area contributed by atoms with Crippen molar-refractivity contribution in [3.8, 4) is 22.3 Å². The molecule has 7 aromatic carbocycles. The maximum atomic E-state index is 6.39. The fourth-order valence-corrected chi connectivity index (χ4v) is 9.10. The maximum Gasteiger partial charge on any atom is 0.137 e. The summed E-state index contributed by atoms with van der Waals surface area (Å²) >= 11 is 0. The Balaban J connectivity index is 1.00. The summed E-state index contributed by atoms with van der Waals surface area (Å²) in [5.41, 5.74) is 16.6. The molecule has 53 heavy (non-hydrogen) atoms. The molecule has 3 nitrogen and oxygen atoms in total. The number of nitrogens with zero attached hydrogens (tertiary/aromatic N) is 2. The summed E-state index contributed by atoms with van der Waals surface area (Å²) in [5, 5.41) is 2.27. The summed E-state index contributed by atoms with van der Waals surface area (Å²) in [6, 6.07) is 57.7. The van der Waals surface area contributed by atoms with E-state index < -0.39 is 0 Å². The van der Waals surface area contributed by atoms with Crippen molar-refractivity contribution in [3.63, 3.8) is 0 Å². The van der Waals surface area contributed by atoms with Gasteiger partial charge in [-0.3, -0.25) is 0 Å². The lowest BCUT2D eigenvalue weighted by Crippen LogP contribution is -2.39. The lowest BCUT2D eigenvalue weighted by molar-refractivity contribution is 0.551. The molecule has 0 fully saturated rings. The van der Waals surface area contributed by atoms with Gasteiger partial charge in [0.05, 0.1) is 6.04 Å². The first-order valence-corrected chi connectivity index (χ1v) is 18.5. The average molecular weight is 681 g/mol. The lowest BCUT2D eigenvalue weighted by atomic mass is 9.75. The van der Waals surface area contributed by atoms with Crippen LogP contribution in [0.3, 0.4) is 0 Å². The Kier molecular flexibility index (Phi) is 6.51. The molecule has 8 aromatic rings. The van der Waals surface area contributed by atoms with Crippen LogP contribution in [0.4, 0.5) is 28.4 Å². The molecule has 0 spiro atoms. The van der Waals surface area contributed by atoms with Gasteiger partial charge in [0.15, 0.2) is 0 Å². The number of benzene rings is 7. The Hall–Kier alpha value is -6.58. The number of furan rings is 1. The van der Waals surface area contributed by atoms with Crippen LogP contribution in [-0.2, 0) is 11.8 Å². The van der Waals surface area contributed by atoms with Crippen molar-refractivity contribution >= 4 is 50.4 Å². The van der Waals surface area contributed by atoms with Crippen LogP contribution in [0.25, 0.3) is 44.2 Å². The number of fused-ring (bicyclic) bond motifs is 9. The Morgan fingerprint density at radius 3 is 2.21 bits per heavy atom. The summed E-state index contributed by atoms with van der Waals surface area (Å²) in [5.74, 6) is 0. The molecule has 252 valence electrons. The second-order valence-corrected chi connectivity index (χ2v) is 14.7. The fraction of sp³-hybridized carbons (Fsp3) is 0.0800. The van der Waals surface area contributed by atoms with Crippen LogP contribution in [0.15, 0.2) is 186 Å². The third kappa shape index (κ3) is 4.60. The van der Waals surface area contributed by atoms with Crippen LogP contribution in [-0.4, -0.2) is 6.04 Å². The minimum Gasteiger partial charge on any atom is -0.456 e. The van der Waals surface area contributed by atoms with Crippen LogP contribution < -0.4 is 9.80 Å². The van der Waals surface area contributed by atoms with Crippen molar-refractivity contribution in [2.75, 3.05) is 9.80 Å². The molecule has 1 aliphatic heterocycles. The minimum atomic E-state index is -0.130. The van der Waals surface area contributed by atoms with Gasteiger partial charge in [-0.2, -0.15) is 0 Å². The molecule has 3 aliphatic rings. The zero-order valence-corrected chi connectivity index (χ0v) is 29.4. The molecule has 0 saturated carbocycles. The highest BCUT2D eigenvalue weighted by atomic mass is 16.3. The van der Waals surface area contributed by atoms with Gasteiger partial charge in [-0.15, -0.1) is 0 Å². The SMILES string of the molecule is CC12C=CC=CC1N(c1ccccc1)c1ccc(-c3ccc(N(c4ccc5c(c4)Cc4ccccc4-5)c4ccc5c(c4)oc4ccccc45)cc3)cc12. The number of rotatable bonds is 5. The summed E-state index contributed by atoms with van der Waals surface area (Å²) in [4.78, 5) is 4.86. The molecule has 2 heterocycles. The Morgan fingerprint density at radius 2 is 1.30 bits per heavy atom. The molecule has 0 amide bonds. The van der Waals surface area contributed by atoms with Crippen molar-refractivity contribution < 1.29 is 4.42 Å². The highest BCUT2D eigenvalue weighted by molar-refractivity contribution is 6.06. The molecule has 3 heteroatoms. The predicted molar refractivity (Wildman–Crippen MR) is 220 cm³/mol. The molecular formula is C50H36N2O. The smallest absolute Gasteiger partial charge is 0.137 e. The molecule has 0 N–H and O–H groups in total. The van der Waals surface area contributed by atoms with Gasteiger partial charge in [-0.05, 0) is 119 Å². The van der Waals surface area contributed by atoms with Crippen LogP contribution in [0.5, 0.6) is 0 Å². The van der Waals surface area contributed by atoms with Gasteiger partial charge in [-0.1, -0.05) is 109 Å². The van der Waals surface area contributed by atoms with Crippen LogP contribution in [0.1, 0.15) is 23.6 Å². The molecule has 0 radical (unpaired) electrons. The molecular weight excluding hydrogens is 645 g/mol. The predicted octanol–water partition coefficient (Wildman–Crippen LogP) is 13.2. The van der Waals surface area contributed by atoms with E-state index in [0.29, 0.717) is 0 Å². The Bertz CT molecular complexity index is 2790. The Labute approximate surface area is 309 Å². The third-order valence-corrected chi connectivity index (χ3v) is 11.7. The normalized spacial score (nSPS) is 17.9. The van der Waals surface area contributed by atoms with Gasteiger partial charge in [-0.25, -0.2) is 0 Å². The first kappa shape index (κ1) is 30.1. The number of anilines is 5. The van der Waals surface area contributed by atoms with Gasteiger partial charge in [0.2, 0.25) is 0 Å². The van der Waals surface area contributed by atoms with Gasteiger partial charge < -0.3 is 14.2 Å². The molecule has 0 bridgehead atoms. The topological polar surface area (TPSA) is 19.6 Å². The van der Waals surface area contributed by atoms with Crippen molar-refractivity contribution in [3.05, 3.63) is 199 Å². The zero-order chi connectivity index (χ0) is 35.1. The van der Waals surface area contributed by atoms with E-state index in [4.69, 9.17) is 4.42 Å². The number of hydrogen-bond donors (Lipinski definition) is 0. The van der Waals surface area contributed by atoms with E-state index >= 15 is 0 Å². The minimum absolute atomic E-state index is 0.130. The summed E-state index contributed by atoms with van der Waals surface area (Å²) < 4.78 is 6.39. The summed E-state index contributed by atoms with van der Waals surface area (Å²) in [7, 11) is 0. The van der Waals surface area contributed by atoms with Crippen molar-refractivity contribution in [1.82, 2.24) is 0 Å². The number of para-hydroxylation sites is 2. The van der Waals surface area contributed by atoms with Gasteiger partial charge in [0.25, 0.3) is 0 Å². The molecule has 2 atom stereocenters.